The number of rotatable bonds is 7. The Morgan fingerprint density at radius 2 is 2.19 bits per heavy atom. The molecule has 2 rings (SSSR count). The molecule has 0 radical (unpaired) electrons. The van der Waals surface area contributed by atoms with E-state index in [4.69, 9.17) is 4.74 Å². The molecule has 1 unspecified atom stereocenters. The van der Waals surface area contributed by atoms with Gasteiger partial charge in [-0.2, -0.15) is 0 Å². The molecule has 0 fully saturated rings. The molecular weight excluding hydrogens is 265 g/mol. The van der Waals surface area contributed by atoms with Crippen LogP contribution in [0.2, 0.25) is 0 Å². The third kappa shape index (κ3) is 4.57. The third-order valence-corrected chi connectivity index (χ3v) is 4.06. The van der Waals surface area contributed by atoms with Crippen LogP contribution in [0, 0.1) is 5.82 Å². The van der Waals surface area contributed by atoms with E-state index < -0.39 is 0 Å². The number of methoxy groups -OCH3 is 1. The highest BCUT2D eigenvalue weighted by Crippen LogP contribution is 2.32. The van der Waals surface area contributed by atoms with Crippen LogP contribution < -0.4 is 10.1 Å². The second-order valence-electron chi connectivity index (χ2n) is 5.71. The molecule has 1 N–H and O–H groups in total. The molecule has 0 amide bonds. The van der Waals surface area contributed by atoms with Gasteiger partial charge in [0.1, 0.15) is 11.6 Å². The predicted molar refractivity (Wildman–Crippen MR) is 85.2 cm³/mol. The predicted octanol–water partition coefficient (Wildman–Crippen LogP) is 4.77. The molecule has 0 aromatic heterocycles. The van der Waals surface area contributed by atoms with Gasteiger partial charge in [0.15, 0.2) is 0 Å². The van der Waals surface area contributed by atoms with Gasteiger partial charge in [0.2, 0.25) is 0 Å². The summed E-state index contributed by atoms with van der Waals surface area (Å²) in [4.78, 5) is 0. The maximum atomic E-state index is 13.6. The van der Waals surface area contributed by atoms with Crippen LogP contribution in [-0.4, -0.2) is 13.7 Å². The SMILES string of the molecule is CCCNC(CC1=CCCCC1)c1cc(F)ccc1OC. The van der Waals surface area contributed by atoms with E-state index in [2.05, 4.69) is 18.3 Å². The van der Waals surface area contributed by atoms with E-state index in [1.165, 1.54) is 37.3 Å². The summed E-state index contributed by atoms with van der Waals surface area (Å²) in [6.07, 6.45) is 9.27. The molecule has 1 aliphatic rings. The smallest absolute Gasteiger partial charge is 0.123 e. The summed E-state index contributed by atoms with van der Waals surface area (Å²) in [5.74, 6) is 0.563. The summed E-state index contributed by atoms with van der Waals surface area (Å²) < 4.78 is 19.1. The fourth-order valence-electron chi connectivity index (χ4n) is 2.94. The largest absolute Gasteiger partial charge is 0.496 e. The highest BCUT2D eigenvalue weighted by atomic mass is 19.1. The molecule has 0 bridgehead atoms. The summed E-state index contributed by atoms with van der Waals surface area (Å²) in [7, 11) is 1.65. The Bertz CT molecular complexity index is 484. The summed E-state index contributed by atoms with van der Waals surface area (Å²) in [5.41, 5.74) is 2.42. The van der Waals surface area contributed by atoms with Crippen molar-refractivity contribution in [2.45, 2.75) is 51.5 Å². The molecule has 1 aromatic rings. The summed E-state index contributed by atoms with van der Waals surface area (Å²) in [6.45, 7) is 3.07. The number of nitrogens with one attached hydrogen (secondary N) is 1. The maximum Gasteiger partial charge on any atom is 0.123 e. The van der Waals surface area contributed by atoms with Crippen LogP contribution in [0.1, 0.15) is 57.1 Å². The summed E-state index contributed by atoms with van der Waals surface area (Å²) in [6, 6.07) is 4.91. The molecule has 0 saturated carbocycles. The molecule has 0 heterocycles. The molecule has 1 aromatic carbocycles. The van der Waals surface area contributed by atoms with Crippen molar-refractivity contribution in [1.82, 2.24) is 5.32 Å². The van der Waals surface area contributed by atoms with E-state index in [0.717, 1.165) is 30.7 Å². The maximum absolute atomic E-state index is 13.6. The van der Waals surface area contributed by atoms with Gasteiger partial charge >= 0.3 is 0 Å². The molecule has 1 aliphatic carbocycles. The van der Waals surface area contributed by atoms with E-state index in [1.807, 2.05) is 0 Å². The minimum atomic E-state index is -0.202. The highest BCUT2D eigenvalue weighted by Gasteiger charge is 2.18. The van der Waals surface area contributed by atoms with Crippen molar-refractivity contribution < 1.29 is 9.13 Å². The van der Waals surface area contributed by atoms with E-state index in [0.29, 0.717) is 0 Å². The van der Waals surface area contributed by atoms with Crippen molar-refractivity contribution in [3.05, 3.63) is 41.2 Å². The Labute approximate surface area is 127 Å². The van der Waals surface area contributed by atoms with Gasteiger partial charge in [-0.3, -0.25) is 0 Å². The molecular formula is C18H26FNO. The average Bonchev–Trinajstić information content (AvgIpc) is 2.52. The minimum Gasteiger partial charge on any atom is -0.496 e. The number of halogens is 1. The van der Waals surface area contributed by atoms with E-state index in [9.17, 15) is 4.39 Å². The van der Waals surface area contributed by atoms with Crippen LogP contribution in [0.25, 0.3) is 0 Å². The van der Waals surface area contributed by atoms with E-state index in [1.54, 1.807) is 19.2 Å². The Morgan fingerprint density at radius 3 is 2.86 bits per heavy atom. The number of benzene rings is 1. The van der Waals surface area contributed by atoms with E-state index in [-0.39, 0.29) is 11.9 Å². The van der Waals surface area contributed by atoms with Crippen LogP contribution in [0.4, 0.5) is 4.39 Å². The third-order valence-electron chi connectivity index (χ3n) is 4.06. The van der Waals surface area contributed by atoms with Crippen LogP contribution in [0.3, 0.4) is 0 Å². The zero-order chi connectivity index (χ0) is 15.1. The monoisotopic (exact) mass is 291 g/mol. The van der Waals surface area contributed by atoms with Crippen LogP contribution in [0.15, 0.2) is 29.8 Å². The highest BCUT2D eigenvalue weighted by molar-refractivity contribution is 5.37. The lowest BCUT2D eigenvalue weighted by atomic mass is 9.91. The van der Waals surface area contributed by atoms with Crippen molar-refractivity contribution in [2.24, 2.45) is 0 Å². The van der Waals surface area contributed by atoms with Gasteiger partial charge in [0.05, 0.1) is 7.11 Å². The van der Waals surface area contributed by atoms with Crippen molar-refractivity contribution in [3.8, 4) is 5.75 Å². The fourth-order valence-corrected chi connectivity index (χ4v) is 2.94. The van der Waals surface area contributed by atoms with Gasteiger partial charge in [-0.25, -0.2) is 4.39 Å². The van der Waals surface area contributed by atoms with Gasteiger partial charge in [-0.15, -0.1) is 0 Å². The second kappa shape index (κ2) is 8.18. The first-order chi connectivity index (χ1) is 10.2. The minimum absolute atomic E-state index is 0.125. The van der Waals surface area contributed by atoms with Crippen LogP contribution >= 0.6 is 0 Å². The molecule has 2 nitrogen and oxygen atoms in total. The van der Waals surface area contributed by atoms with Gasteiger partial charge in [0, 0.05) is 11.6 Å². The lowest BCUT2D eigenvalue weighted by Gasteiger charge is -2.24. The van der Waals surface area contributed by atoms with Crippen LogP contribution in [-0.2, 0) is 0 Å². The number of ether oxygens (including phenoxy) is 1. The van der Waals surface area contributed by atoms with Crippen molar-refractivity contribution in [3.63, 3.8) is 0 Å². The Balaban J connectivity index is 2.21. The van der Waals surface area contributed by atoms with Crippen molar-refractivity contribution in [2.75, 3.05) is 13.7 Å². The van der Waals surface area contributed by atoms with Gasteiger partial charge in [0.25, 0.3) is 0 Å². The number of hydrogen-bond acceptors (Lipinski definition) is 2. The first kappa shape index (κ1) is 16.0. The topological polar surface area (TPSA) is 21.3 Å². The van der Waals surface area contributed by atoms with Gasteiger partial charge < -0.3 is 10.1 Å². The normalized spacial score (nSPS) is 16.4. The second-order valence-corrected chi connectivity index (χ2v) is 5.71. The Hall–Kier alpha value is -1.35. The molecule has 0 spiro atoms. The molecule has 0 saturated heterocycles. The average molecular weight is 291 g/mol. The van der Waals surface area contributed by atoms with Crippen molar-refractivity contribution >= 4 is 0 Å². The van der Waals surface area contributed by atoms with Gasteiger partial charge in [-0.1, -0.05) is 18.6 Å². The molecule has 116 valence electrons. The van der Waals surface area contributed by atoms with Crippen molar-refractivity contribution in [1.29, 1.82) is 0 Å². The molecule has 21 heavy (non-hydrogen) atoms. The first-order valence-electron chi connectivity index (χ1n) is 7.99. The summed E-state index contributed by atoms with van der Waals surface area (Å²) in [5, 5.41) is 3.55. The Morgan fingerprint density at radius 1 is 1.33 bits per heavy atom. The first-order valence-corrected chi connectivity index (χ1v) is 7.99. The fraction of sp³-hybridized carbons (Fsp3) is 0.556. The number of allylic oxidation sites excluding steroid dienone is 1. The lowest BCUT2D eigenvalue weighted by Crippen LogP contribution is -2.23. The standard InChI is InChI=1S/C18H26FNO/c1-3-11-20-17(12-14-7-5-4-6-8-14)16-13-15(19)9-10-18(16)21-2/h7,9-10,13,17,20H,3-6,8,11-12H2,1-2H3. The zero-order valence-corrected chi connectivity index (χ0v) is 13.1. The molecule has 3 heteroatoms. The molecule has 1 atom stereocenters. The quantitative estimate of drug-likeness (QED) is 0.731. The van der Waals surface area contributed by atoms with E-state index >= 15 is 0 Å². The van der Waals surface area contributed by atoms with Gasteiger partial charge in [-0.05, 0) is 63.3 Å². The lowest BCUT2D eigenvalue weighted by molar-refractivity contribution is 0.395. The zero-order valence-electron chi connectivity index (χ0n) is 13.1. The number of hydrogen-bond donors (Lipinski definition) is 1. The van der Waals surface area contributed by atoms with Crippen LogP contribution in [0.5, 0.6) is 5.75 Å². The molecule has 0 aliphatic heterocycles. The Kier molecular flexibility index (Phi) is 6.24. The summed E-state index contributed by atoms with van der Waals surface area (Å²) >= 11 is 0.